The van der Waals surface area contributed by atoms with Crippen molar-refractivity contribution in [3.05, 3.63) is 134 Å². The summed E-state index contributed by atoms with van der Waals surface area (Å²) in [5.74, 6) is -2.07. The molecule has 1 N–H and O–H groups in total. The molecule has 0 fully saturated rings. The standard InChI is InChI=1S/C64H103NO8/c1-6-8-10-12-14-16-18-20-22-24-26-28-30-31-33-34-36-38-40-42-44-46-48-50-52-54-61(66)71-58-60(59-72-64(63(68)69)70-57-56-65(3,4)5)73-62(67)55-53-51-49-47-45-43-41-39-37-35-32-29-27-25-23-21-19-17-15-13-11-9-7-2/h8-11,14-17,20-23,26-29,31,33,35,37,41,43,60,64H,6-7,12-13,18-19,24-25,30,32,34,36,38-40,42,44-59H2,1-5H3/p+1/b10-8-,11-9-,16-14-,17-15-,22-20-,23-21-,28-26-,29-27-,33-31-,37-35-,43-41-. The first kappa shape index (κ1) is 68.4. The van der Waals surface area contributed by atoms with Crippen molar-refractivity contribution in [2.24, 2.45) is 0 Å². The molecule has 9 heteroatoms. The monoisotopic (exact) mass is 1010 g/mol. The summed E-state index contributed by atoms with van der Waals surface area (Å²) in [5.41, 5.74) is 0. The van der Waals surface area contributed by atoms with Crippen LogP contribution in [0.5, 0.6) is 0 Å². The second kappa shape index (κ2) is 53.7. The van der Waals surface area contributed by atoms with Crippen molar-refractivity contribution >= 4 is 17.9 Å². The second-order valence-corrected chi connectivity index (χ2v) is 19.5. The van der Waals surface area contributed by atoms with Gasteiger partial charge in [-0.1, -0.05) is 205 Å². The molecule has 0 aliphatic carbocycles. The highest BCUT2D eigenvalue weighted by molar-refractivity contribution is 5.71. The van der Waals surface area contributed by atoms with Crippen LogP contribution in [0.15, 0.2) is 134 Å². The van der Waals surface area contributed by atoms with Crippen molar-refractivity contribution in [1.29, 1.82) is 0 Å². The first-order valence-electron chi connectivity index (χ1n) is 28.3. The van der Waals surface area contributed by atoms with E-state index < -0.39 is 24.3 Å². The lowest BCUT2D eigenvalue weighted by atomic mass is 10.1. The third kappa shape index (κ3) is 55.0. The van der Waals surface area contributed by atoms with Crippen molar-refractivity contribution < 1.29 is 42.9 Å². The highest BCUT2D eigenvalue weighted by Crippen LogP contribution is 2.14. The summed E-state index contributed by atoms with van der Waals surface area (Å²) in [5, 5.41) is 9.70. The average molecular weight is 1020 g/mol. The van der Waals surface area contributed by atoms with Crippen LogP contribution in [0.1, 0.15) is 194 Å². The quantitative estimate of drug-likeness (QED) is 0.0211. The van der Waals surface area contributed by atoms with E-state index in [1.807, 2.05) is 21.1 Å². The number of carbonyl (C=O) groups is 3. The summed E-state index contributed by atoms with van der Waals surface area (Å²) in [6.07, 6.45) is 73.7. The number of ether oxygens (including phenoxy) is 4. The topological polar surface area (TPSA) is 108 Å². The molecule has 9 nitrogen and oxygen atoms in total. The number of nitrogens with zero attached hydrogens (tertiary/aromatic N) is 1. The Morgan fingerprint density at radius 1 is 0.411 bits per heavy atom. The van der Waals surface area contributed by atoms with Gasteiger partial charge in [0.1, 0.15) is 13.2 Å². The number of carboxylic acids is 1. The minimum absolute atomic E-state index is 0.173. The van der Waals surface area contributed by atoms with Crippen molar-refractivity contribution in [3.8, 4) is 0 Å². The van der Waals surface area contributed by atoms with E-state index in [2.05, 4.69) is 148 Å². The molecule has 73 heavy (non-hydrogen) atoms. The first-order chi connectivity index (χ1) is 35.6. The maximum Gasteiger partial charge on any atom is 0.361 e. The molecular formula is C64H104NO8+. The van der Waals surface area contributed by atoms with E-state index in [1.165, 1.54) is 32.1 Å². The number of likely N-dealkylation sites (N-methyl/N-ethyl adjacent to an activating group) is 1. The molecule has 0 saturated heterocycles. The van der Waals surface area contributed by atoms with Gasteiger partial charge in [-0.25, -0.2) is 4.79 Å². The predicted molar refractivity (Wildman–Crippen MR) is 308 cm³/mol. The molecule has 0 aliphatic rings. The molecule has 0 radical (unpaired) electrons. The van der Waals surface area contributed by atoms with Gasteiger partial charge in [0.25, 0.3) is 6.29 Å². The summed E-state index contributed by atoms with van der Waals surface area (Å²) >= 11 is 0. The van der Waals surface area contributed by atoms with Crippen LogP contribution in [-0.4, -0.2) is 87.4 Å². The normalized spacial score (nSPS) is 13.8. The number of hydrogen-bond acceptors (Lipinski definition) is 7. The Morgan fingerprint density at radius 2 is 0.740 bits per heavy atom. The van der Waals surface area contributed by atoms with Gasteiger partial charge in [-0.3, -0.25) is 9.59 Å². The number of allylic oxidation sites excluding steroid dienone is 22. The van der Waals surface area contributed by atoms with E-state index >= 15 is 0 Å². The molecule has 0 saturated carbocycles. The molecule has 0 amide bonds. The maximum absolute atomic E-state index is 12.9. The molecule has 0 heterocycles. The van der Waals surface area contributed by atoms with Gasteiger partial charge in [-0.2, -0.15) is 0 Å². The largest absolute Gasteiger partial charge is 0.477 e. The lowest BCUT2D eigenvalue weighted by Crippen LogP contribution is -2.40. The summed E-state index contributed by atoms with van der Waals surface area (Å²) in [7, 11) is 5.94. The van der Waals surface area contributed by atoms with E-state index in [0.29, 0.717) is 17.4 Å². The average Bonchev–Trinajstić information content (AvgIpc) is 3.36. The van der Waals surface area contributed by atoms with Crippen LogP contribution in [0.3, 0.4) is 0 Å². The number of aliphatic carboxylic acids is 1. The molecule has 0 spiro atoms. The van der Waals surface area contributed by atoms with E-state index in [1.54, 1.807) is 0 Å². The van der Waals surface area contributed by atoms with Crippen LogP contribution in [-0.2, 0) is 33.3 Å². The smallest absolute Gasteiger partial charge is 0.361 e. The minimum atomic E-state index is -1.53. The Labute approximate surface area is 446 Å². The molecule has 0 aromatic carbocycles. The number of hydrogen-bond donors (Lipinski definition) is 1. The third-order valence-corrected chi connectivity index (χ3v) is 11.4. The summed E-state index contributed by atoms with van der Waals surface area (Å²) in [6.45, 7) is 4.59. The van der Waals surface area contributed by atoms with Gasteiger partial charge in [0.2, 0.25) is 0 Å². The fourth-order valence-electron chi connectivity index (χ4n) is 7.10. The Morgan fingerprint density at radius 3 is 1.10 bits per heavy atom. The Hall–Kier alpha value is -4.57. The SMILES string of the molecule is CC/C=C\C/C=C\C/C=C\C/C=C\C/C=C\C/C=C\CCCCCCC(=O)OC(COC(=O)CCCCCCCCCCC/C=C\C/C=C\C/C=C\C/C=C\C/C=C\CC)COC(OCC[N+](C)(C)C)C(=O)O. The van der Waals surface area contributed by atoms with E-state index in [4.69, 9.17) is 18.9 Å². The van der Waals surface area contributed by atoms with Gasteiger partial charge < -0.3 is 28.5 Å². The van der Waals surface area contributed by atoms with Gasteiger partial charge in [-0.15, -0.1) is 0 Å². The van der Waals surface area contributed by atoms with Crippen LogP contribution in [0, 0.1) is 0 Å². The van der Waals surface area contributed by atoms with Crippen molar-refractivity contribution in [1.82, 2.24) is 0 Å². The Balaban J connectivity index is 4.37. The van der Waals surface area contributed by atoms with Gasteiger partial charge in [0.05, 0.1) is 34.4 Å². The first-order valence-corrected chi connectivity index (χ1v) is 28.3. The van der Waals surface area contributed by atoms with E-state index in [0.717, 1.165) is 128 Å². The number of rotatable bonds is 50. The predicted octanol–water partition coefficient (Wildman–Crippen LogP) is 16.7. The van der Waals surface area contributed by atoms with Gasteiger partial charge in [-0.05, 0) is 109 Å². The highest BCUT2D eigenvalue weighted by Gasteiger charge is 2.25. The van der Waals surface area contributed by atoms with Crippen molar-refractivity contribution in [3.63, 3.8) is 0 Å². The molecule has 412 valence electrons. The molecule has 0 bridgehead atoms. The van der Waals surface area contributed by atoms with Crippen molar-refractivity contribution in [2.75, 3.05) is 47.5 Å². The van der Waals surface area contributed by atoms with E-state index in [9.17, 15) is 19.5 Å². The number of unbranched alkanes of at least 4 members (excludes halogenated alkanes) is 13. The summed E-state index contributed by atoms with van der Waals surface area (Å²) in [6, 6.07) is 0. The zero-order chi connectivity index (χ0) is 53.4. The van der Waals surface area contributed by atoms with Gasteiger partial charge >= 0.3 is 17.9 Å². The highest BCUT2D eigenvalue weighted by atomic mass is 16.7. The van der Waals surface area contributed by atoms with Crippen LogP contribution < -0.4 is 0 Å². The molecule has 2 unspecified atom stereocenters. The number of esters is 2. The molecule has 0 aromatic heterocycles. The summed E-state index contributed by atoms with van der Waals surface area (Å²) in [4.78, 5) is 37.4. The van der Waals surface area contributed by atoms with Crippen LogP contribution >= 0.6 is 0 Å². The zero-order valence-corrected chi connectivity index (χ0v) is 46.7. The number of quaternary nitrogens is 1. The van der Waals surface area contributed by atoms with E-state index in [-0.39, 0.29) is 38.6 Å². The van der Waals surface area contributed by atoms with Crippen LogP contribution in [0.2, 0.25) is 0 Å². The molecule has 0 aliphatic heterocycles. The number of carbonyl (C=O) groups excluding carboxylic acids is 2. The second-order valence-electron chi connectivity index (χ2n) is 19.5. The number of carboxylic acid groups (broad SMARTS) is 1. The van der Waals surface area contributed by atoms with Crippen LogP contribution in [0.25, 0.3) is 0 Å². The van der Waals surface area contributed by atoms with Crippen LogP contribution in [0.4, 0.5) is 0 Å². The fraction of sp³-hybridized carbons (Fsp3) is 0.609. The van der Waals surface area contributed by atoms with Gasteiger partial charge in [0.15, 0.2) is 6.10 Å². The van der Waals surface area contributed by atoms with Crippen molar-refractivity contribution in [2.45, 2.75) is 206 Å². The zero-order valence-electron chi connectivity index (χ0n) is 46.7. The molecule has 0 rings (SSSR count). The maximum atomic E-state index is 12.9. The Kier molecular flexibility index (Phi) is 50.4. The molecular weight excluding hydrogens is 911 g/mol. The van der Waals surface area contributed by atoms with Gasteiger partial charge in [0, 0.05) is 12.8 Å². The minimum Gasteiger partial charge on any atom is -0.477 e. The Bertz CT molecular complexity index is 1650. The lowest BCUT2D eigenvalue weighted by Gasteiger charge is -2.25. The summed E-state index contributed by atoms with van der Waals surface area (Å²) < 4.78 is 22.8. The lowest BCUT2D eigenvalue weighted by molar-refractivity contribution is -0.870. The fourth-order valence-corrected chi connectivity index (χ4v) is 7.10. The molecule has 0 aromatic rings. The molecule has 2 atom stereocenters. The third-order valence-electron chi connectivity index (χ3n) is 11.4.